The summed E-state index contributed by atoms with van der Waals surface area (Å²) in [5.41, 5.74) is 0.552. The predicted octanol–water partition coefficient (Wildman–Crippen LogP) is 8.44. The van der Waals surface area contributed by atoms with Crippen LogP contribution in [0, 0.1) is 35.3 Å². The molecule has 1 saturated heterocycles. The SMILES string of the molecule is CC=CC1CSC(C2CCC(C3CCC(c4ccc(OCC)c(F)c4F)CC3)CC2)SC1. The van der Waals surface area contributed by atoms with Gasteiger partial charge < -0.3 is 4.74 Å². The van der Waals surface area contributed by atoms with E-state index in [9.17, 15) is 8.78 Å². The highest BCUT2D eigenvalue weighted by molar-refractivity contribution is 8.17. The first-order chi connectivity index (χ1) is 15.6. The molecule has 0 bridgehead atoms. The maximum atomic E-state index is 14.6. The summed E-state index contributed by atoms with van der Waals surface area (Å²) in [5, 5.41) is 0. The van der Waals surface area contributed by atoms with Gasteiger partial charge >= 0.3 is 0 Å². The molecule has 0 amide bonds. The lowest BCUT2D eigenvalue weighted by Gasteiger charge is -2.40. The smallest absolute Gasteiger partial charge is 0.200 e. The van der Waals surface area contributed by atoms with E-state index in [4.69, 9.17) is 4.74 Å². The fourth-order valence-corrected chi connectivity index (χ4v) is 9.53. The summed E-state index contributed by atoms with van der Waals surface area (Å²) in [6.45, 7) is 4.26. The van der Waals surface area contributed by atoms with Gasteiger partial charge in [0.2, 0.25) is 5.82 Å². The van der Waals surface area contributed by atoms with E-state index < -0.39 is 11.6 Å². The van der Waals surface area contributed by atoms with E-state index >= 15 is 0 Å². The Kier molecular flexibility index (Phi) is 8.89. The molecule has 1 heterocycles. The summed E-state index contributed by atoms with van der Waals surface area (Å²) >= 11 is 4.39. The van der Waals surface area contributed by atoms with E-state index in [1.807, 2.05) is 0 Å². The quantitative estimate of drug-likeness (QED) is 0.378. The second-order valence-corrected chi connectivity index (χ2v) is 12.5. The van der Waals surface area contributed by atoms with Gasteiger partial charge in [0.15, 0.2) is 11.6 Å². The van der Waals surface area contributed by atoms with Gasteiger partial charge in [-0.2, -0.15) is 4.39 Å². The first-order valence-electron chi connectivity index (χ1n) is 12.6. The molecule has 0 aromatic heterocycles. The number of allylic oxidation sites excluding steroid dienone is 2. The maximum Gasteiger partial charge on any atom is 0.200 e. The number of hydrogen-bond donors (Lipinski definition) is 0. The lowest BCUT2D eigenvalue weighted by Crippen LogP contribution is -2.30. The summed E-state index contributed by atoms with van der Waals surface area (Å²) in [7, 11) is 0. The summed E-state index contributed by atoms with van der Waals surface area (Å²) in [6, 6.07) is 3.35. The van der Waals surface area contributed by atoms with Crippen LogP contribution in [0.3, 0.4) is 0 Å². The van der Waals surface area contributed by atoms with E-state index in [1.54, 1.807) is 19.1 Å². The first-order valence-corrected chi connectivity index (χ1v) is 14.7. The topological polar surface area (TPSA) is 9.23 Å². The van der Waals surface area contributed by atoms with Crippen molar-refractivity contribution >= 4 is 23.5 Å². The fourth-order valence-electron chi connectivity index (χ4n) is 6.11. The zero-order chi connectivity index (χ0) is 22.5. The molecular formula is C27H38F2OS2. The number of benzene rings is 1. The van der Waals surface area contributed by atoms with Gasteiger partial charge in [-0.3, -0.25) is 0 Å². The van der Waals surface area contributed by atoms with Crippen molar-refractivity contribution in [1.29, 1.82) is 0 Å². The van der Waals surface area contributed by atoms with Crippen LogP contribution in [0.25, 0.3) is 0 Å². The molecule has 32 heavy (non-hydrogen) atoms. The van der Waals surface area contributed by atoms with Gasteiger partial charge in [-0.05, 0) is 106 Å². The molecular weight excluding hydrogens is 442 g/mol. The minimum absolute atomic E-state index is 0.0332. The van der Waals surface area contributed by atoms with Gasteiger partial charge in [-0.25, -0.2) is 4.39 Å². The Morgan fingerprint density at radius 2 is 1.47 bits per heavy atom. The van der Waals surface area contributed by atoms with E-state index in [0.717, 1.165) is 53.9 Å². The van der Waals surface area contributed by atoms with Crippen LogP contribution >= 0.6 is 23.5 Å². The van der Waals surface area contributed by atoms with Crippen LogP contribution in [0.15, 0.2) is 24.3 Å². The Bertz CT molecular complexity index is 759. The third-order valence-electron chi connectivity index (χ3n) is 7.87. The van der Waals surface area contributed by atoms with Crippen molar-refractivity contribution in [3.63, 3.8) is 0 Å². The Balaban J connectivity index is 1.24. The van der Waals surface area contributed by atoms with Crippen molar-refractivity contribution in [3.8, 4) is 5.75 Å². The molecule has 0 spiro atoms. The van der Waals surface area contributed by atoms with Gasteiger partial charge in [-0.15, -0.1) is 23.5 Å². The van der Waals surface area contributed by atoms with Gasteiger partial charge in [0, 0.05) is 11.5 Å². The van der Waals surface area contributed by atoms with Crippen molar-refractivity contribution in [2.75, 3.05) is 18.1 Å². The molecule has 2 saturated carbocycles. The van der Waals surface area contributed by atoms with Crippen molar-refractivity contribution in [2.45, 2.75) is 75.7 Å². The molecule has 2 aliphatic carbocycles. The third kappa shape index (κ3) is 5.68. The molecule has 178 valence electrons. The van der Waals surface area contributed by atoms with Gasteiger partial charge in [0.25, 0.3) is 0 Å². The molecule has 1 aromatic carbocycles. The van der Waals surface area contributed by atoms with E-state index in [1.165, 1.54) is 37.2 Å². The molecule has 0 N–H and O–H groups in total. The minimum Gasteiger partial charge on any atom is -0.491 e. The van der Waals surface area contributed by atoms with Crippen LogP contribution in [-0.4, -0.2) is 22.7 Å². The normalized spacial score (nSPS) is 34.0. The Morgan fingerprint density at radius 1 is 0.875 bits per heavy atom. The Hall–Kier alpha value is -0.680. The molecule has 5 heteroatoms. The summed E-state index contributed by atoms with van der Waals surface area (Å²) in [6.07, 6.45) is 14.3. The molecule has 1 aromatic rings. The third-order valence-corrected chi connectivity index (χ3v) is 11.4. The largest absolute Gasteiger partial charge is 0.491 e. The van der Waals surface area contributed by atoms with Crippen LogP contribution in [-0.2, 0) is 0 Å². The van der Waals surface area contributed by atoms with Crippen molar-refractivity contribution < 1.29 is 13.5 Å². The second kappa shape index (κ2) is 11.6. The molecule has 0 unspecified atom stereocenters. The highest BCUT2D eigenvalue weighted by atomic mass is 32.2. The second-order valence-electron chi connectivity index (χ2n) is 9.82. The zero-order valence-electron chi connectivity index (χ0n) is 19.5. The number of thioether (sulfide) groups is 2. The van der Waals surface area contributed by atoms with E-state index in [2.05, 4.69) is 42.6 Å². The fraction of sp³-hybridized carbons (Fsp3) is 0.704. The number of ether oxygens (including phenoxy) is 1. The Morgan fingerprint density at radius 3 is 2.06 bits per heavy atom. The maximum absolute atomic E-state index is 14.6. The monoisotopic (exact) mass is 480 g/mol. The van der Waals surface area contributed by atoms with Crippen LogP contribution < -0.4 is 4.74 Å². The summed E-state index contributed by atoms with van der Waals surface area (Å²) in [5.74, 6) is 4.48. The average molecular weight is 481 g/mol. The summed E-state index contributed by atoms with van der Waals surface area (Å²) in [4.78, 5) is 0. The molecule has 3 fully saturated rings. The van der Waals surface area contributed by atoms with Crippen LogP contribution in [0.2, 0.25) is 0 Å². The number of hydrogen-bond acceptors (Lipinski definition) is 3. The Labute approximate surface area is 201 Å². The van der Waals surface area contributed by atoms with Crippen LogP contribution in [0.1, 0.15) is 76.7 Å². The zero-order valence-corrected chi connectivity index (χ0v) is 21.2. The number of halogens is 2. The predicted molar refractivity (Wildman–Crippen MR) is 135 cm³/mol. The molecule has 4 rings (SSSR count). The van der Waals surface area contributed by atoms with E-state index in [0.29, 0.717) is 12.2 Å². The van der Waals surface area contributed by atoms with Gasteiger partial charge in [-0.1, -0.05) is 18.2 Å². The molecule has 0 atom stereocenters. The standard InChI is InChI=1S/C27H38F2OS2/c1-3-5-18-16-31-27(32-17-18)22-12-8-20(9-13-22)19-6-10-21(11-7-19)23-14-15-24(30-4-2)26(29)25(23)28/h3,5,14-15,18-22,27H,4,6-13,16-17H2,1-2H3. The van der Waals surface area contributed by atoms with Crippen molar-refractivity contribution in [2.24, 2.45) is 23.7 Å². The molecule has 0 radical (unpaired) electrons. The van der Waals surface area contributed by atoms with E-state index in [-0.39, 0.29) is 11.7 Å². The lowest BCUT2D eigenvalue weighted by molar-refractivity contribution is 0.163. The van der Waals surface area contributed by atoms with Gasteiger partial charge in [0.05, 0.1) is 11.2 Å². The van der Waals surface area contributed by atoms with Crippen molar-refractivity contribution in [3.05, 3.63) is 41.5 Å². The number of rotatable bonds is 6. The minimum atomic E-state index is -0.819. The lowest BCUT2D eigenvalue weighted by atomic mass is 9.68. The molecule has 1 nitrogen and oxygen atoms in total. The average Bonchev–Trinajstić information content (AvgIpc) is 2.83. The first kappa shape index (κ1) is 24.4. The van der Waals surface area contributed by atoms with Crippen LogP contribution in [0.4, 0.5) is 8.78 Å². The highest BCUT2D eigenvalue weighted by Crippen LogP contribution is 2.49. The molecule has 1 aliphatic heterocycles. The van der Waals surface area contributed by atoms with Crippen molar-refractivity contribution in [1.82, 2.24) is 0 Å². The van der Waals surface area contributed by atoms with Gasteiger partial charge in [0.1, 0.15) is 0 Å². The summed E-state index contributed by atoms with van der Waals surface area (Å²) < 4.78 is 35.0. The highest BCUT2D eigenvalue weighted by Gasteiger charge is 2.36. The molecule has 3 aliphatic rings. The van der Waals surface area contributed by atoms with Crippen LogP contribution in [0.5, 0.6) is 5.75 Å².